The molecule has 0 atom stereocenters. The molecule has 122 valence electrons. The third-order valence-corrected chi connectivity index (χ3v) is 3.09. The van der Waals surface area contributed by atoms with E-state index in [0.717, 1.165) is 6.08 Å². The van der Waals surface area contributed by atoms with E-state index < -0.39 is 24.7 Å². The van der Waals surface area contributed by atoms with Crippen molar-refractivity contribution in [2.45, 2.75) is 0 Å². The number of aromatic carboxylic acids is 1. The van der Waals surface area contributed by atoms with Crippen molar-refractivity contribution in [3.05, 3.63) is 65.0 Å². The van der Waals surface area contributed by atoms with Gasteiger partial charge in [0, 0.05) is 29.1 Å². The summed E-state index contributed by atoms with van der Waals surface area (Å²) in [6.07, 6.45) is 3.87. The van der Waals surface area contributed by atoms with E-state index in [1.807, 2.05) is 0 Å². The van der Waals surface area contributed by atoms with Gasteiger partial charge in [-0.25, -0.2) is 4.79 Å². The molecule has 1 amide bonds. The van der Waals surface area contributed by atoms with E-state index in [1.54, 1.807) is 0 Å². The van der Waals surface area contributed by atoms with Crippen LogP contribution < -0.4 is 5.32 Å². The minimum Gasteiger partial charge on any atom is -0.506 e. The molecule has 2 rings (SSSR count). The van der Waals surface area contributed by atoms with Crippen LogP contribution in [-0.4, -0.2) is 44.2 Å². The van der Waals surface area contributed by atoms with Crippen LogP contribution in [0, 0.1) is 0 Å². The highest BCUT2D eigenvalue weighted by Crippen LogP contribution is 2.24. The van der Waals surface area contributed by atoms with Gasteiger partial charge in [-0.05, 0) is 24.3 Å². The summed E-state index contributed by atoms with van der Waals surface area (Å²) in [5.41, 5.74) is -0.432. The van der Waals surface area contributed by atoms with Crippen molar-refractivity contribution < 1.29 is 29.9 Å². The van der Waals surface area contributed by atoms with Crippen LogP contribution in [-0.2, 0) is 0 Å². The summed E-state index contributed by atoms with van der Waals surface area (Å²) >= 11 is 0. The van der Waals surface area contributed by atoms with Gasteiger partial charge in [0.2, 0.25) is 0 Å². The number of hydrogen-bond acceptors (Lipinski definition) is 6. The number of benzene rings is 1. The lowest BCUT2D eigenvalue weighted by Gasteiger charge is -2.10. The van der Waals surface area contributed by atoms with Gasteiger partial charge in [-0.2, -0.15) is 0 Å². The zero-order valence-corrected chi connectivity index (χ0v) is 12.2. The first-order valence-corrected chi connectivity index (χ1v) is 6.74. The molecule has 9 heteroatoms. The molecule has 1 heterocycles. The van der Waals surface area contributed by atoms with E-state index >= 15 is 0 Å². The maximum atomic E-state index is 12.1. The topological polar surface area (TPSA) is 140 Å². The highest BCUT2D eigenvalue weighted by molar-refractivity contribution is 6.52. The monoisotopic (exact) mass is 328 g/mol. The molecule has 0 bridgehead atoms. The lowest BCUT2D eigenvalue weighted by molar-refractivity contribution is 0.0693. The Bertz CT molecular complexity index is 792. The minimum absolute atomic E-state index is 0.00743. The maximum Gasteiger partial charge on any atom is 0.505 e. The smallest absolute Gasteiger partial charge is 0.505 e. The number of carbonyl (C=O) groups excluding carboxylic acids is 1. The molecule has 1 aromatic heterocycles. The van der Waals surface area contributed by atoms with Gasteiger partial charge < -0.3 is 25.6 Å². The highest BCUT2D eigenvalue weighted by atomic mass is 16.4. The summed E-state index contributed by atoms with van der Waals surface area (Å²) in [4.78, 5) is 26.8. The number of carbonyl (C=O) groups is 2. The Morgan fingerprint density at radius 1 is 1.12 bits per heavy atom. The number of nitrogens with zero attached hydrogens (tertiary/aromatic N) is 1. The number of nitrogens with one attached hydrogen (secondary N) is 1. The van der Waals surface area contributed by atoms with Gasteiger partial charge in [0.25, 0.3) is 5.91 Å². The molecule has 24 heavy (non-hydrogen) atoms. The number of carboxylic acids is 1. The molecule has 0 radical (unpaired) electrons. The SMILES string of the molecule is O=C(N/C(=C/c1cccc(C(=O)O)c1O)B(O)O)c1ccncc1. The summed E-state index contributed by atoms with van der Waals surface area (Å²) < 4.78 is 0. The Morgan fingerprint density at radius 2 is 1.79 bits per heavy atom. The summed E-state index contributed by atoms with van der Waals surface area (Å²) in [7, 11) is -2.04. The number of amides is 1. The van der Waals surface area contributed by atoms with E-state index in [0.29, 0.717) is 0 Å². The zero-order chi connectivity index (χ0) is 17.7. The molecule has 8 nitrogen and oxygen atoms in total. The number of rotatable bonds is 5. The normalized spacial score (nSPS) is 11.0. The van der Waals surface area contributed by atoms with E-state index in [2.05, 4.69) is 10.3 Å². The first-order valence-electron chi connectivity index (χ1n) is 6.74. The second kappa shape index (κ2) is 7.40. The molecular weight excluding hydrogens is 315 g/mol. The molecular formula is C15H13BN2O6. The van der Waals surface area contributed by atoms with Crippen LogP contribution in [0.25, 0.3) is 6.08 Å². The molecule has 0 aliphatic carbocycles. The van der Waals surface area contributed by atoms with Crippen LogP contribution >= 0.6 is 0 Å². The molecule has 0 spiro atoms. The molecule has 2 aromatic rings. The van der Waals surface area contributed by atoms with E-state index in [1.165, 1.54) is 42.7 Å². The van der Waals surface area contributed by atoms with Crippen molar-refractivity contribution in [2.24, 2.45) is 0 Å². The number of pyridine rings is 1. The Kier molecular flexibility index (Phi) is 5.30. The standard InChI is InChI=1S/C15H13BN2O6/c19-13-10(2-1-3-11(13)15(21)22)8-12(16(23)24)18-14(20)9-4-6-17-7-5-9/h1-8,19,23-24H,(H,18,20)(H,21,22)/b12-8+. The summed E-state index contributed by atoms with van der Waals surface area (Å²) in [5, 5.41) is 40.0. The molecule has 0 fully saturated rings. The summed E-state index contributed by atoms with van der Waals surface area (Å²) in [6, 6.07) is 6.79. The number of phenols is 1. The third kappa shape index (κ3) is 3.97. The number of aromatic nitrogens is 1. The second-order valence-electron chi connectivity index (χ2n) is 4.71. The Morgan fingerprint density at radius 3 is 2.38 bits per heavy atom. The predicted octanol–water partition coefficient (Wildman–Crippen LogP) is 0.268. The van der Waals surface area contributed by atoms with Gasteiger partial charge in [0.1, 0.15) is 11.3 Å². The minimum atomic E-state index is -2.04. The Labute approximate surface area is 136 Å². The Hall–Kier alpha value is -3.17. The zero-order valence-electron chi connectivity index (χ0n) is 12.2. The van der Waals surface area contributed by atoms with Crippen molar-refractivity contribution >= 4 is 25.1 Å². The van der Waals surface area contributed by atoms with Crippen LogP contribution in [0.15, 0.2) is 48.3 Å². The van der Waals surface area contributed by atoms with Gasteiger partial charge in [-0.15, -0.1) is 0 Å². The first kappa shape index (κ1) is 17.2. The number of aromatic hydroxyl groups is 1. The number of para-hydroxylation sites is 1. The van der Waals surface area contributed by atoms with Crippen LogP contribution in [0.4, 0.5) is 0 Å². The van der Waals surface area contributed by atoms with E-state index in [9.17, 15) is 24.7 Å². The van der Waals surface area contributed by atoms with Crippen molar-refractivity contribution in [3.8, 4) is 5.75 Å². The average molecular weight is 328 g/mol. The number of carboxylic acid groups (broad SMARTS) is 1. The van der Waals surface area contributed by atoms with Gasteiger partial charge in [0.15, 0.2) is 0 Å². The van der Waals surface area contributed by atoms with Gasteiger partial charge in [-0.3, -0.25) is 9.78 Å². The van der Waals surface area contributed by atoms with Gasteiger partial charge in [-0.1, -0.05) is 12.1 Å². The molecule has 1 aromatic carbocycles. The molecule has 0 saturated carbocycles. The maximum absolute atomic E-state index is 12.1. The predicted molar refractivity (Wildman–Crippen MR) is 84.9 cm³/mol. The number of hydrogen-bond donors (Lipinski definition) is 5. The van der Waals surface area contributed by atoms with Crippen molar-refractivity contribution in [2.75, 3.05) is 0 Å². The van der Waals surface area contributed by atoms with Crippen LogP contribution in [0.3, 0.4) is 0 Å². The fourth-order valence-electron chi connectivity index (χ4n) is 1.90. The van der Waals surface area contributed by atoms with Crippen LogP contribution in [0.2, 0.25) is 0 Å². The summed E-state index contributed by atoms with van der Waals surface area (Å²) in [5.74, 6) is -2.51. The van der Waals surface area contributed by atoms with Crippen molar-refractivity contribution in [1.29, 1.82) is 0 Å². The van der Waals surface area contributed by atoms with Crippen molar-refractivity contribution in [1.82, 2.24) is 10.3 Å². The fourth-order valence-corrected chi connectivity index (χ4v) is 1.90. The highest BCUT2D eigenvalue weighted by Gasteiger charge is 2.20. The van der Waals surface area contributed by atoms with Crippen LogP contribution in [0.1, 0.15) is 26.3 Å². The first-order chi connectivity index (χ1) is 11.4. The Balaban J connectivity index is 2.35. The second-order valence-corrected chi connectivity index (χ2v) is 4.71. The van der Waals surface area contributed by atoms with Crippen LogP contribution in [0.5, 0.6) is 5.75 Å². The molecule has 0 aliphatic heterocycles. The average Bonchev–Trinajstić information content (AvgIpc) is 2.56. The van der Waals surface area contributed by atoms with E-state index in [4.69, 9.17) is 5.11 Å². The van der Waals surface area contributed by atoms with Crippen molar-refractivity contribution in [3.63, 3.8) is 0 Å². The van der Waals surface area contributed by atoms with Gasteiger partial charge in [0.05, 0.1) is 0 Å². The van der Waals surface area contributed by atoms with Gasteiger partial charge >= 0.3 is 13.1 Å². The molecule has 0 unspecified atom stereocenters. The summed E-state index contributed by atoms with van der Waals surface area (Å²) in [6.45, 7) is 0. The molecule has 5 N–H and O–H groups in total. The lowest BCUT2D eigenvalue weighted by Crippen LogP contribution is -2.32. The molecule has 0 saturated heterocycles. The largest absolute Gasteiger partial charge is 0.506 e. The lowest BCUT2D eigenvalue weighted by atomic mass is 9.84. The van der Waals surface area contributed by atoms with E-state index in [-0.39, 0.29) is 22.3 Å². The third-order valence-electron chi connectivity index (χ3n) is 3.09. The quantitative estimate of drug-likeness (QED) is 0.496. The molecule has 0 aliphatic rings. The fraction of sp³-hybridized carbons (Fsp3) is 0.